The molecule has 3 aromatic carbocycles. The van der Waals surface area contributed by atoms with Crippen molar-refractivity contribution in [3.63, 3.8) is 0 Å². The summed E-state index contributed by atoms with van der Waals surface area (Å²) in [6, 6.07) is 15.8. The zero-order valence-corrected chi connectivity index (χ0v) is 17.5. The first kappa shape index (κ1) is 22.2. The van der Waals surface area contributed by atoms with Gasteiger partial charge in [0.1, 0.15) is 16.8 Å². The van der Waals surface area contributed by atoms with E-state index in [1.807, 2.05) is 6.07 Å². The first-order chi connectivity index (χ1) is 14.8. The SMILES string of the molecule is N#Cc1ccccc1S(=O)(=O)Nc1cc(NC(=O)c2c(F)cccc2Cl)ccc1CN. The van der Waals surface area contributed by atoms with Gasteiger partial charge in [0, 0.05) is 12.2 Å². The average molecular weight is 459 g/mol. The highest BCUT2D eigenvalue weighted by molar-refractivity contribution is 7.92. The van der Waals surface area contributed by atoms with Gasteiger partial charge in [0.2, 0.25) is 0 Å². The maximum Gasteiger partial charge on any atom is 0.263 e. The van der Waals surface area contributed by atoms with Gasteiger partial charge in [-0.3, -0.25) is 9.52 Å². The number of sulfonamides is 1. The highest BCUT2D eigenvalue weighted by atomic mass is 35.5. The Bertz CT molecular complexity index is 1290. The lowest BCUT2D eigenvalue weighted by Gasteiger charge is -2.15. The maximum absolute atomic E-state index is 14.0. The summed E-state index contributed by atoms with van der Waals surface area (Å²) in [5.41, 5.74) is 6.08. The van der Waals surface area contributed by atoms with E-state index in [0.29, 0.717) is 5.56 Å². The number of nitriles is 1. The molecule has 0 saturated carbocycles. The Morgan fingerprint density at radius 3 is 2.55 bits per heavy atom. The molecule has 0 aliphatic rings. The van der Waals surface area contributed by atoms with Crippen LogP contribution in [0.25, 0.3) is 0 Å². The lowest BCUT2D eigenvalue weighted by Crippen LogP contribution is -2.18. The molecule has 0 atom stereocenters. The van der Waals surface area contributed by atoms with Crippen molar-refractivity contribution >= 4 is 38.9 Å². The largest absolute Gasteiger partial charge is 0.326 e. The van der Waals surface area contributed by atoms with Crippen LogP contribution in [-0.4, -0.2) is 14.3 Å². The molecule has 0 fully saturated rings. The van der Waals surface area contributed by atoms with Gasteiger partial charge in [0.25, 0.3) is 15.9 Å². The summed E-state index contributed by atoms with van der Waals surface area (Å²) in [5, 5.41) is 11.6. The zero-order chi connectivity index (χ0) is 22.6. The Hall–Kier alpha value is -3.45. The lowest BCUT2D eigenvalue weighted by atomic mass is 10.1. The minimum absolute atomic E-state index is 0.00508. The molecule has 0 spiro atoms. The molecule has 0 radical (unpaired) electrons. The normalized spacial score (nSPS) is 10.9. The van der Waals surface area contributed by atoms with E-state index < -0.39 is 21.7 Å². The second-order valence-electron chi connectivity index (χ2n) is 6.34. The summed E-state index contributed by atoms with van der Waals surface area (Å²) in [4.78, 5) is 12.3. The number of rotatable bonds is 6. The van der Waals surface area contributed by atoms with Crippen molar-refractivity contribution in [3.8, 4) is 6.07 Å². The van der Waals surface area contributed by atoms with Crippen LogP contribution in [0.15, 0.2) is 65.6 Å². The van der Waals surface area contributed by atoms with Crippen molar-refractivity contribution in [3.05, 3.63) is 88.2 Å². The minimum Gasteiger partial charge on any atom is -0.326 e. The first-order valence-electron chi connectivity index (χ1n) is 8.87. The maximum atomic E-state index is 14.0. The fourth-order valence-electron chi connectivity index (χ4n) is 2.83. The third-order valence-corrected chi connectivity index (χ3v) is 6.06. The predicted octanol–water partition coefficient (Wildman–Crippen LogP) is 3.86. The number of hydrogen-bond acceptors (Lipinski definition) is 5. The molecule has 7 nitrogen and oxygen atoms in total. The van der Waals surface area contributed by atoms with Crippen molar-refractivity contribution in [1.29, 1.82) is 5.26 Å². The number of halogens is 2. The molecule has 0 unspecified atom stereocenters. The molecule has 0 aliphatic carbocycles. The van der Waals surface area contributed by atoms with Crippen molar-refractivity contribution in [1.82, 2.24) is 0 Å². The van der Waals surface area contributed by atoms with Crippen molar-refractivity contribution in [2.75, 3.05) is 10.0 Å². The van der Waals surface area contributed by atoms with Gasteiger partial charge in [0.15, 0.2) is 0 Å². The molecular weight excluding hydrogens is 443 g/mol. The molecule has 158 valence electrons. The molecule has 0 saturated heterocycles. The average Bonchev–Trinajstić information content (AvgIpc) is 2.73. The van der Waals surface area contributed by atoms with Crippen LogP contribution < -0.4 is 15.8 Å². The second-order valence-corrected chi connectivity index (χ2v) is 8.40. The minimum atomic E-state index is -4.12. The number of benzene rings is 3. The highest BCUT2D eigenvalue weighted by Crippen LogP contribution is 2.26. The molecular formula is C21H16ClFN4O3S. The molecule has 0 heterocycles. The van der Waals surface area contributed by atoms with Crippen molar-refractivity contribution in [2.45, 2.75) is 11.4 Å². The third kappa shape index (κ3) is 4.83. The van der Waals surface area contributed by atoms with E-state index in [1.165, 1.54) is 48.5 Å². The van der Waals surface area contributed by atoms with Gasteiger partial charge in [-0.2, -0.15) is 5.26 Å². The molecule has 31 heavy (non-hydrogen) atoms. The monoisotopic (exact) mass is 458 g/mol. The molecule has 4 N–H and O–H groups in total. The quantitative estimate of drug-likeness (QED) is 0.517. The van der Waals surface area contributed by atoms with Gasteiger partial charge in [-0.15, -0.1) is 0 Å². The number of nitrogens with one attached hydrogen (secondary N) is 2. The van der Waals surface area contributed by atoms with Crippen LogP contribution in [0.4, 0.5) is 15.8 Å². The Kier molecular flexibility index (Phi) is 6.56. The van der Waals surface area contributed by atoms with E-state index in [1.54, 1.807) is 6.07 Å². The molecule has 3 aromatic rings. The van der Waals surface area contributed by atoms with E-state index >= 15 is 0 Å². The van der Waals surface area contributed by atoms with Gasteiger partial charge in [-0.25, -0.2) is 12.8 Å². The van der Waals surface area contributed by atoms with Gasteiger partial charge in [-0.05, 0) is 42.0 Å². The number of hydrogen-bond donors (Lipinski definition) is 3. The Morgan fingerprint density at radius 1 is 1.13 bits per heavy atom. The zero-order valence-electron chi connectivity index (χ0n) is 15.9. The number of anilines is 2. The Balaban J connectivity index is 1.94. The van der Waals surface area contributed by atoms with Gasteiger partial charge in [-0.1, -0.05) is 35.9 Å². The predicted molar refractivity (Wildman–Crippen MR) is 116 cm³/mol. The summed E-state index contributed by atoms with van der Waals surface area (Å²) in [6.45, 7) is 0.00508. The van der Waals surface area contributed by atoms with Gasteiger partial charge >= 0.3 is 0 Å². The fraction of sp³-hybridized carbons (Fsp3) is 0.0476. The van der Waals surface area contributed by atoms with E-state index in [4.69, 9.17) is 17.3 Å². The number of nitrogens with two attached hydrogens (primary N) is 1. The van der Waals surface area contributed by atoms with Crippen molar-refractivity contribution in [2.24, 2.45) is 5.73 Å². The summed E-state index contributed by atoms with van der Waals surface area (Å²) in [5.74, 6) is -1.59. The van der Waals surface area contributed by atoms with Crippen LogP contribution in [0.2, 0.25) is 5.02 Å². The van der Waals surface area contributed by atoms with Gasteiger partial charge in [0.05, 0.1) is 21.8 Å². The van der Waals surface area contributed by atoms with Crippen LogP contribution in [0.5, 0.6) is 0 Å². The second kappa shape index (κ2) is 9.14. The molecule has 3 rings (SSSR count). The van der Waals surface area contributed by atoms with Gasteiger partial charge < -0.3 is 11.1 Å². The topological polar surface area (TPSA) is 125 Å². The summed E-state index contributed by atoms with van der Waals surface area (Å²) < 4.78 is 42.1. The number of carbonyl (C=O) groups is 1. The Labute approximate surface area is 183 Å². The summed E-state index contributed by atoms with van der Waals surface area (Å²) in [7, 11) is -4.12. The number of carbonyl (C=O) groups excluding carboxylic acids is 1. The van der Waals surface area contributed by atoms with Crippen LogP contribution in [0.3, 0.4) is 0 Å². The van der Waals surface area contributed by atoms with E-state index in [9.17, 15) is 22.9 Å². The van der Waals surface area contributed by atoms with E-state index in [2.05, 4.69) is 10.0 Å². The third-order valence-electron chi connectivity index (χ3n) is 4.32. The standard InChI is InChI=1S/C21H16ClFN4O3S/c22-16-5-3-6-17(23)20(16)21(28)26-15-9-8-13(11-24)18(10-15)27-31(29,30)19-7-2-1-4-14(19)12-25/h1-10,27H,11,24H2,(H,26,28). The summed E-state index contributed by atoms with van der Waals surface area (Å²) >= 11 is 5.92. The molecule has 10 heteroatoms. The van der Waals surface area contributed by atoms with E-state index in [0.717, 1.165) is 6.07 Å². The molecule has 0 aromatic heterocycles. The van der Waals surface area contributed by atoms with E-state index in [-0.39, 0.29) is 39.0 Å². The molecule has 1 amide bonds. The molecule has 0 aliphatic heterocycles. The number of amides is 1. The smallest absolute Gasteiger partial charge is 0.263 e. The van der Waals surface area contributed by atoms with Crippen molar-refractivity contribution < 1.29 is 17.6 Å². The fourth-order valence-corrected chi connectivity index (χ4v) is 4.33. The molecule has 0 bridgehead atoms. The number of nitrogens with zero attached hydrogens (tertiary/aromatic N) is 1. The van der Waals surface area contributed by atoms with Crippen LogP contribution >= 0.6 is 11.6 Å². The van der Waals surface area contributed by atoms with Crippen LogP contribution in [0, 0.1) is 17.1 Å². The lowest BCUT2D eigenvalue weighted by molar-refractivity contribution is 0.102. The van der Waals surface area contributed by atoms with Crippen LogP contribution in [-0.2, 0) is 16.6 Å². The Morgan fingerprint density at radius 2 is 1.87 bits per heavy atom. The first-order valence-corrected chi connectivity index (χ1v) is 10.7. The summed E-state index contributed by atoms with van der Waals surface area (Å²) in [6.07, 6.45) is 0. The highest BCUT2D eigenvalue weighted by Gasteiger charge is 2.21. The van der Waals surface area contributed by atoms with Crippen LogP contribution in [0.1, 0.15) is 21.5 Å².